The maximum absolute atomic E-state index is 12.8. The Hall–Kier alpha value is -6.38. The number of fused-ring (bicyclic) bond motifs is 2. The standard InChI is InChI=1S/C40H40O19/c1-14(42)54-28-11-19-22(47)12-25(50)31(38(19)59-36(28)17-4-6-21(46)26(8-17)57-40-35(53)34(52)33(51)29(13-41)58-40)32-30-24(49)9-18(44)10-27(30)56-37(39(32)55-15(2)43)16-3-5-20(45)23(48)7-16/h3-10,12,28-29,32-37,39-41,44-53H,11,13H2,1-2H3/t28-,29+,32-,33+,34-,35+,36+,37+,39-,40+/m0/s1. The van der Waals surface area contributed by atoms with Gasteiger partial charge in [-0.15, -0.1) is 0 Å². The molecule has 314 valence electrons. The lowest BCUT2D eigenvalue weighted by Gasteiger charge is -2.42. The number of hydrogen-bond acceptors (Lipinski definition) is 19. The van der Waals surface area contributed by atoms with Crippen LogP contribution in [0.5, 0.6) is 57.5 Å². The van der Waals surface area contributed by atoms with Crippen molar-refractivity contribution in [3.8, 4) is 57.5 Å². The summed E-state index contributed by atoms with van der Waals surface area (Å²) in [6.07, 6.45) is -14.2. The van der Waals surface area contributed by atoms with Crippen LogP contribution in [-0.4, -0.2) is 118 Å². The number of aromatic hydroxyl groups is 7. The molecule has 3 aliphatic heterocycles. The number of phenols is 7. The lowest BCUT2D eigenvalue weighted by molar-refractivity contribution is -0.277. The third-order valence-electron chi connectivity index (χ3n) is 10.3. The minimum absolute atomic E-state index is 0.0106. The minimum Gasteiger partial charge on any atom is -0.508 e. The first-order chi connectivity index (χ1) is 28.0. The van der Waals surface area contributed by atoms with Gasteiger partial charge in [0.15, 0.2) is 41.3 Å². The van der Waals surface area contributed by atoms with E-state index in [0.29, 0.717) is 0 Å². The molecule has 1 saturated heterocycles. The van der Waals surface area contributed by atoms with Crippen molar-refractivity contribution in [1.29, 1.82) is 0 Å². The Morgan fingerprint density at radius 1 is 0.678 bits per heavy atom. The molecule has 1 fully saturated rings. The predicted molar refractivity (Wildman–Crippen MR) is 195 cm³/mol. The van der Waals surface area contributed by atoms with Gasteiger partial charge in [-0.3, -0.25) is 9.59 Å². The highest BCUT2D eigenvalue weighted by Crippen LogP contribution is 2.58. The first kappa shape index (κ1) is 40.8. The number of benzene rings is 4. The topological polar surface area (TPSA) is 312 Å². The van der Waals surface area contributed by atoms with Gasteiger partial charge in [0.05, 0.1) is 12.5 Å². The fraction of sp³-hybridized carbons (Fsp3) is 0.350. The van der Waals surface area contributed by atoms with Gasteiger partial charge in [-0.05, 0) is 24.3 Å². The molecule has 3 heterocycles. The van der Waals surface area contributed by atoms with Crippen LogP contribution in [0.1, 0.15) is 59.8 Å². The van der Waals surface area contributed by atoms with Gasteiger partial charge in [0.2, 0.25) is 6.29 Å². The van der Waals surface area contributed by atoms with Gasteiger partial charge >= 0.3 is 11.9 Å². The van der Waals surface area contributed by atoms with Crippen LogP contribution in [0.3, 0.4) is 0 Å². The van der Waals surface area contributed by atoms with Crippen molar-refractivity contribution in [2.75, 3.05) is 6.61 Å². The van der Waals surface area contributed by atoms with Crippen molar-refractivity contribution < 1.29 is 94.2 Å². The Labute approximate surface area is 333 Å². The summed E-state index contributed by atoms with van der Waals surface area (Å²) in [4.78, 5) is 25.2. The molecule has 4 aromatic rings. The molecule has 0 aliphatic carbocycles. The molecule has 19 nitrogen and oxygen atoms in total. The Morgan fingerprint density at radius 3 is 2.00 bits per heavy atom. The summed E-state index contributed by atoms with van der Waals surface area (Å²) in [5.41, 5.74) is -0.0447. The Balaban J connectivity index is 1.38. The van der Waals surface area contributed by atoms with Crippen LogP contribution in [0.2, 0.25) is 0 Å². The lowest BCUT2D eigenvalue weighted by Crippen LogP contribution is -2.60. The van der Waals surface area contributed by atoms with E-state index in [-0.39, 0.29) is 51.5 Å². The van der Waals surface area contributed by atoms with E-state index in [4.69, 9.17) is 28.4 Å². The number of ether oxygens (including phenoxy) is 6. The summed E-state index contributed by atoms with van der Waals surface area (Å²) >= 11 is 0. The molecular formula is C40H40O19. The molecule has 19 heteroatoms. The average molecular weight is 825 g/mol. The van der Waals surface area contributed by atoms with E-state index < -0.39 is 120 Å². The largest absolute Gasteiger partial charge is 0.508 e. The number of hydrogen-bond donors (Lipinski definition) is 11. The van der Waals surface area contributed by atoms with Gasteiger partial charge < -0.3 is 84.6 Å². The highest BCUT2D eigenvalue weighted by atomic mass is 16.7. The number of aliphatic hydroxyl groups excluding tert-OH is 4. The zero-order valence-electron chi connectivity index (χ0n) is 31.1. The molecule has 4 aromatic carbocycles. The van der Waals surface area contributed by atoms with Crippen molar-refractivity contribution in [3.63, 3.8) is 0 Å². The number of aliphatic hydroxyl groups is 4. The molecule has 0 spiro atoms. The summed E-state index contributed by atoms with van der Waals surface area (Å²) in [6, 6.07) is 10.5. The quantitative estimate of drug-likeness (QED) is 0.0888. The highest BCUT2D eigenvalue weighted by Gasteiger charge is 2.49. The molecule has 0 unspecified atom stereocenters. The molecule has 0 amide bonds. The first-order valence-electron chi connectivity index (χ1n) is 18.1. The number of phenolic OH excluding ortho intramolecular Hbond substituents is 7. The average Bonchev–Trinajstić information content (AvgIpc) is 3.17. The minimum atomic E-state index is -1.85. The summed E-state index contributed by atoms with van der Waals surface area (Å²) in [7, 11) is 0. The Bertz CT molecular complexity index is 2270. The van der Waals surface area contributed by atoms with E-state index in [1.54, 1.807) is 0 Å². The fourth-order valence-corrected chi connectivity index (χ4v) is 7.68. The number of rotatable bonds is 8. The molecule has 3 aliphatic rings. The van der Waals surface area contributed by atoms with Gasteiger partial charge in [0.1, 0.15) is 65.0 Å². The molecule has 10 atom stereocenters. The van der Waals surface area contributed by atoms with E-state index in [9.17, 15) is 65.8 Å². The predicted octanol–water partition coefficient (Wildman–Crippen LogP) is 1.61. The van der Waals surface area contributed by atoms with E-state index >= 15 is 0 Å². The Morgan fingerprint density at radius 2 is 1.34 bits per heavy atom. The summed E-state index contributed by atoms with van der Waals surface area (Å²) in [5.74, 6) is -7.55. The second kappa shape index (κ2) is 15.8. The van der Waals surface area contributed by atoms with Crippen molar-refractivity contribution in [1.82, 2.24) is 0 Å². The highest BCUT2D eigenvalue weighted by molar-refractivity contribution is 5.70. The van der Waals surface area contributed by atoms with Crippen molar-refractivity contribution >= 4 is 11.9 Å². The number of esters is 2. The fourth-order valence-electron chi connectivity index (χ4n) is 7.68. The molecule has 7 rings (SSSR count). The first-order valence-corrected chi connectivity index (χ1v) is 18.1. The van der Waals surface area contributed by atoms with Crippen LogP contribution in [0, 0.1) is 0 Å². The molecular weight excluding hydrogens is 784 g/mol. The van der Waals surface area contributed by atoms with Crippen molar-refractivity contribution in [2.45, 2.75) is 81.3 Å². The van der Waals surface area contributed by atoms with Crippen LogP contribution >= 0.6 is 0 Å². The van der Waals surface area contributed by atoms with Gasteiger partial charge in [-0.25, -0.2) is 0 Å². The third-order valence-corrected chi connectivity index (χ3v) is 10.3. The molecule has 59 heavy (non-hydrogen) atoms. The van der Waals surface area contributed by atoms with Crippen LogP contribution in [0.25, 0.3) is 0 Å². The van der Waals surface area contributed by atoms with Crippen LogP contribution in [-0.2, 0) is 30.2 Å². The SMILES string of the molecule is CC(=O)O[C@H]1[C@H](c2c(O)cc(O)c3c2O[C@H](c2ccc(O)c(O[C@@H]4O[C@H](CO)[C@@H](O)[C@H](O)[C@H]4O)c2)[C@@H](OC(C)=O)C3)c2c(O)cc(O)cc2O[C@@H]1c1ccc(O)c(O)c1. The maximum Gasteiger partial charge on any atom is 0.303 e. The zero-order chi connectivity index (χ0) is 42.6. The van der Waals surface area contributed by atoms with Crippen molar-refractivity contribution in [2.24, 2.45) is 0 Å². The van der Waals surface area contributed by atoms with Crippen LogP contribution in [0.4, 0.5) is 0 Å². The summed E-state index contributed by atoms with van der Waals surface area (Å²) in [5, 5.41) is 117. The Kier molecular flexibility index (Phi) is 10.9. The summed E-state index contributed by atoms with van der Waals surface area (Å²) in [6.45, 7) is 1.46. The van der Waals surface area contributed by atoms with Gasteiger partial charge in [0.25, 0.3) is 0 Å². The smallest absolute Gasteiger partial charge is 0.303 e. The maximum atomic E-state index is 12.8. The monoisotopic (exact) mass is 824 g/mol. The molecule has 0 saturated carbocycles. The van der Waals surface area contributed by atoms with E-state index in [1.807, 2.05) is 0 Å². The van der Waals surface area contributed by atoms with E-state index in [0.717, 1.165) is 50.2 Å². The van der Waals surface area contributed by atoms with E-state index in [2.05, 4.69) is 0 Å². The molecule has 0 bridgehead atoms. The second-order valence-electron chi connectivity index (χ2n) is 14.3. The normalized spacial score (nSPS) is 27.3. The summed E-state index contributed by atoms with van der Waals surface area (Å²) < 4.78 is 35.4. The third kappa shape index (κ3) is 7.56. The van der Waals surface area contributed by atoms with Gasteiger partial charge in [0, 0.05) is 66.3 Å². The number of carbonyl (C=O) groups is 2. The lowest BCUT2D eigenvalue weighted by atomic mass is 9.77. The van der Waals surface area contributed by atoms with Crippen molar-refractivity contribution in [3.05, 3.63) is 82.4 Å². The van der Waals surface area contributed by atoms with Gasteiger partial charge in [-0.2, -0.15) is 0 Å². The second-order valence-corrected chi connectivity index (χ2v) is 14.3. The number of carbonyl (C=O) groups excluding carboxylic acids is 2. The zero-order valence-corrected chi connectivity index (χ0v) is 31.1. The van der Waals surface area contributed by atoms with Crippen LogP contribution in [0.15, 0.2) is 54.6 Å². The molecule has 0 radical (unpaired) electrons. The van der Waals surface area contributed by atoms with Gasteiger partial charge in [-0.1, -0.05) is 12.1 Å². The molecule has 0 aromatic heterocycles. The van der Waals surface area contributed by atoms with Crippen LogP contribution < -0.4 is 14.2 Å². The van der Waals surface area contributed by atoms with E-state index in [1.165, 1.54) is 18.2 Å². The molecule has 11 N–H and O–H groups in total.